The number of H-pyrrole nitrogens is 1. The molecule has 1 aliphatic rings. The van der Waals surface area contributed by atoms with Crippen LogP contribution >= 0.6 is 15.9 Å². The van der Waals surface area contributed by atoms with Gasteiger partial charge in [0, 0.05) is 12.5 Å². The summed E-state index contributed by atoms with van der Waals surface area (Å²) < 4.78 is 14.2. The molecule has 2 N–H and O–H groups in total. The Morgan fingerprint density at radius 2 is 2.25 bits per heavy atom. The number of carbonyl (C=O) groups is 1. The van der Waals surface area contributed by atoms with Crippen molar-refractivity contribution in [2.24, 2.45) is 0 Å². The second kappa shape index (κ2) is 7.03. The van der Waals surface area contributed by atoms with Gasteiger partial charge in [-0.05, 0) is 60.6 Å². The van der Waals surface area contributed by atoms with Gasteiger partial charge in [0.15, 0.2) is 5.69 Å². The van der Waals surface area contributed by atoms with Gasteiger partial charge < -0.3 is 10.2 Å². The second-order valence-corrected chi connectivity index (χ2v) is 7.11. The fourth-order valence-corrected chi connectivity index (χ4v) is 3.40. The molecular weight excluding hydrogens is 375 g/mol. The first-order valence-electron chi connectivity index (χ1n) is 7.91. The lowest BCUT2D eigenvalue weighted by molar-refractivity contribution is 0.0936. The molecule has 128 valence electrons. The number of nitrogens with zero attached hydrogens (tertiary/aromatic N) is 2. The van der Waals surface area contributed by atoms with Crippen LogP contribution in [0.2, 0.25) is 0 Å². The second-order valence-electron chi connectivity index (χ2n) is 6.32. The molecule has 5 nitrogen and oxygen atoms in total. The summed E-state index contributed by atoms with van der Waals surface area (Å²) in [6.07, 6.45) is 2.26. The summed E-state index contributed by atoms with van der Waals surface area (Å²) in [5.41, 5.74) is 2.18. The van der Waals surface area contributed by atoms with Gasteiger partial charge in [-0.1, -0.05) is 12.1 Å². The molecule has 0 aliphatic heterocycles. The number of carbonyl (C=O) groups excluding carboxylic acids is 1. The van der Waals surface area contributed by atoms with Gasteiger partial charge in [0.05, 0.1) is 16.2 Å². The highest BCUT2D eigenvalue weighted by Crippen LogP contribution is 2.42. The van der Waals surface area contributed by atoms with Crippen LogP contribution in [0.5, 0.6) is 0 Å². The minimum atomic E-state index is -0.283. The van der Waals surface area contributed by atoms with Gasteiger partial charge in [-0.3, -0.25) is 9.89 Å². The van der Waals surface area contributed by atoms with E-state index in [2.05, 4.69) is 31.4 Å². The predicted octanol–water partition coefficient (Wildman–Crippen LogP) is 3.22. The lowest BCUT2D eigenvalue weighted by atomic mass is 10.1. The third-order valence-corrected chi connectivity index (χ3v) is 5.05. The van der Waals surface area contributed by atoms with E-state index in [1.54, 1.807) is 6.07 Å². The Labute approximate surface area is 148 Å². The third-order valence-electron chi connectivity index (χ3n) is 4.25. The molecule has 0 bridgehead atoms. The van der Waals surface area contributed by atoms with E-state index < -0.39 is 0 Å². The first kappa shape index (κ1) is 17.1. The predicted molar refractivity (Wildman–Crippen MR) is 93.4 cm³/mol. The fourth-order valence-electron chi connectivity index (χ4n) is 2.72. The van der Waals surface area contributed by atoms with Gasteiger partial charge in [-0.25, -0.2) is 4.39 Å². The highest BCUT2D eigenvalue weighted by molar-refractivity contribution is 9.10. The lowest BCUT2D eigenvalue weighted by Gasteiger charge is -2.25. The number of rotatable bonds is 6. The third kappa shape index (κ3) is 3.67. The summed E-state index contributed by atoms with van der Waals surface area (Å²) in [7, 11) is 3.80. The van der Waals surface area contributed by atoms with Crippen LogP contribution in [-0.2, 0) is 0 Å². The first-order valence-corrected chi connectivity index (χ1v) is 8.70. The van der Waals surface area contributed by atoms with Gasteiger partial charge in [-0.15, -0.1) is 0 Å². The highest BCUT2D eigenvalue weighted by Gasteiger charge is 2.30. The summed E-state index contributed by atoms with van der Waals surface area (Å²) in [5, 5.41) is 9.97. The van der Waals surface area contributed by atoms with E-state index in [1.807, 2.05) is 25.1 Å². The van der Waals surface area contributed by atoms with E-state index in [9.17, 15) is 9.18 Å². The molecular formula is C17H20BrFN4O. The number of halogens is 2. The molecule has 1 amide bonds. The summed E-state index contributed by atoms with van der Waals surface area (Å²) >= 11 is 3.47. The van der Waals surface area contributed by atoms with Crippen molar-refractivity contribution in [2.45, 2.75) is 24.8 Å². The maximum atomic E-state index is 13.5. The summed E-state index contributed by atoms with van der Waals surface area (Å²) in [5.74, 6) is -0.0432. The molecule has 0 radical (unpaired) electrons. The van der Waals surface area contributed by atoms with Crippen LogP contribution in [0, 0.1) is 5.82 Å². The molecule has 1 fully saturated rings. The van der Waals surface area contributed by atoms with Crippen LogP contribution in [0.25, 0.3) is 0 Å². The van der Waals surface area contributed by atoms with Crippen molar-refractivity contribution in [3.63, 3.8) is 0 Å². The Hall–Kier alpha value is -1.73. The molecule has 24 heavy (non-hydrogen) atoms. The number of aromatic amines is 1. The van der Waals surface area contributed by atoms with Crippen LogP contribution in [-0.4, -0.2) is 41.6 Å². The minimum Gasteiger partial charge on any atom is -0.349 e. The standard InChI is InChI=1S/C17H20BrFN4O/c1-23(2)13(11-4-3-5-12(19)8-11)9-20-17(24)16-14(18)15(21-22-16)10-6-7-10/h3-5,8,10,13H,6-7,9H2,1-2H3,(H,20,24)(H,21,22)/t13-/m0/s1. The van der Waals surface area contributed by atoms with Crippen molar-refractivity contribution in [3.05, 3.63) is 51.5 Å². The van der Waals surface area contributed by atoms with E-state index in [0.717, 1.165) is 28.6 Å². The molecule has 1 aromatic heterocycles. The van der Waals surface area contributed by atoms with Crippen LogP contribution in [0.3, 0.4) is 0 Å². The van der Waals surface area contributed by atoms with Gasteiger partial charge in [0.2, 0.25) is 0 Å². The van der Waals surface area contributed by atoms with E-state index in [0.29, 0.717) is 18.2 Å². The van der Waals surface area contributed by atoms with Gasteiger partial charge >= 0.3 is 0 Å². The van der Waals surface area contributed by atoms with Gasteiger partial charge in [0.1, 0.15) is 5.82 Å². The molecule has 0 spiro atoms. The van der Waals surface area contributed by atoms with Crippen molar-refractivity contribution in [1.29, 1.82) is 0 Å². The molecule has 7 heteroatoms. The molecule has 1 atom stereocenters. The van der Waals surface area contributed by atoms with Crippen LogP contribution < -0.4 is 5.32 Å². The Morgan fingerprint density at radius 3 is 2.88 bits per heavy atom. The number of amides is 1. The fraction of sp³-hybridized carbons (Fsp3) is 0.412. The van der Waals surface area contributed by atoms with Gasteiger partial charge in [-0.2, -0.15) is 5.10 Å². The molecule has 1 aromatic carbocycles. The zero-order valence-electron chi connectivity index (χ0n) is 13.6. The molecule has 0 unspecified atom stereocenters. The van der Waals surface area contributed by atoms with Crippen molar-refractivity contribution >= 4 is 21.8 Å². The number of likely N-dealkylation sites (N-methyl/N-ethyl adjacent to an activating group) is 1. The van der Waals surface area contributed by atoms with E-state index in [1.165, 1.54) is 12.1 Å². The molecule has 0 saturated heterocycles. The number of hydrogen-bond donors (Lipinski definition) is 2. The Balaban J connectivity index is 1.69. The van der Waals surface area contributed by atoms with E-state index in [-0.39, 0.29) is 17.8 Å². The Morgan fingerprint density at radius 1 is 1.50 bits per heavy atom. The molecule has 1 saturated carbocycles. The zero-order valence-corrected chi connectivity index (χ0v) is 15.2. The number of nitrogens with one attached hydrogen (secondary N) is 2. The van der Waals surface area contributed by atoms with Crippen molar-refractivity contribution in [2.75, 3.05) is 20.6 Å². The normalized spacial score (nSPS) is 15.5. The molecule has 2 aromatic rings. The van der Waals surface area contributed by atoms with Gasteiger partial charge in [0.25, 0.3) is 5.91 Å². The largest absolute Gasteiger partial charge is 0.349 e. The number of aromatic nitrogens is 2. The summed E-state index contributed by atoms with van der Waals surface area (Å²) in [4.78, 5) is 14.4. The molecule has 1 heterocycles. The van der Waals surface area contributed by atoms with E-state index in [4.69, 9.17) is 0 Å². The SMILES string of the molecule is CN(C)[C@@H](CNC(=O)c1n[nH]c(C2CC2)c1Br)c1cccc(F)c1. The topological polar surface area (TPSA) is 61.0 Å². The van der Waals surface area contributed by atoms with Crippen LogP contribution in [0.4, 0.5) is 4.39 Å². The average Bonchev–Trinajstić information content (AvgIpc) is 3.29. The van der Waals surface area contributed by atoms with Crippen molar-refractivity contribution in [3.8, 4) is 0 Å². The smallest absolute Gasteiger partial charge is 0.273 e. The number of hydrogen-bond acceptors (Lipinski definition) is 3. The summed E-state index contributed by atoms with van der Waals surface area (Å²) in [6, 6.07) is 6.32. The average molecular weight is 395 g/mol. The molecule has 1 aliphatic carbocycles. The number of benzene rings is 1. The monoisotopic (exact) mass is 394 g/mol. The molecule has 3 rings (SSSR count). The van der Waals surface area contributed by atoms with E-state index >= 15 is 0 Å². The minimum absolute atomic E-state index is 0.120. The maximum Gasteiger partial charge on any atom is 0.273 e. The van der Waals surface area contributed by atoms with Crippen LogP contribution in [0.15, 0.2) is 28.7 Å². The Bertz CT molecular complexity index is 742. The lowest BCUT2D eigenvalue weighted by Crippen LogP contribution is -2.34. The summed E-state index contributed by atoms with van der Waals surface area (Å²) in [6.45, 7) is 0.368. The Kier molecular flexibility index (Phi) is 5.01. The maximum absolute atomic E-state index is 13.5. The zero-order chi connectivity index (χ0) is 17.3. The van der Waals surface area contributed by atoms with Crippen molar-refractivity contribution in [1.82, 2.24) is 20.4 Å². The highest BCUT2D eigenvalue weighted by atomic mass is 79.9. The van der Waals surface area contributed by atoms with Crippen molar-refractivity contribution < 1.29 is 9.18 Å². The van der Waals surface area contributed by atoms with Crippen LogP contribution in [0.1, 0.15) is 46.5 Å². The first-order chi connectivity index (χ1) is 11.5. The quantitative estimate of drug-likeness (QED) is 0.790.